The molecule has 5 nitrogen and oxygen atoms in total. The van der Waals surface area contributed by atoms with E-state index in [4.69, 9.17) is 0 Å². The van der Waals surface area contributed by atoms with Gasteiger partial charge in [0, 0.05) is 12.1 Å². The molecule has 0 spiro atoms. The first-order valence-corrected chi connectivity index (χ1v) is 9.63. The summed E-state index contributed by atoms with van der Waals surface area (Å²) >= 11 is 0. The number of halogens is 1. The minimum Gasteiger partial charge on any atom is -0.326 e. The average Bonchev–Trinajstić information content (AvgIpc) is 2.50. The number of anilines is 1. The fourth-order valence-corrected chi connectivity index (χ4v) is 3.30. The highest BCUT2D eigenvalue weighted by atomic mass is 32.2. The third-order valence-electron chi connectivity index (χ3n) is 3.76. The summed E-state index contributed by atoms with van der Waals surface area (Å²) in [7, 11) is -3.54. The molecule has 134 valence electrons. The fourth-order valence-electron chi connectivity index (χ4n) is 2.57. The second-order valence-electron chi connectivity index (χ2n) is 6.01. The molecule has 25 heavy (non-hydrogen) atoms. The van der Waals surface area contributed by atoms with Crippen LogP contribution in [0, 0.1) is 19.7 Å². The number of rotatable bonds is 6. The smallest absolute Gasteiger partial charge is 0.226 e. The fraction of sp³-hybridized carbons (Fsp3) is 0.278. The minimum absolute atomic E-state index is 0.105. The first-order chi connectivity index (χ1) is 11.7. The second kappa shape index (κ2) is 7.76. The van der Waals surface area contributed by atoms with E-state index in [1.54, 1.807) is 0 Å². The van der Waals surface area contributed by atoms with Crippen molar-refractivity contribution in [3.8, 4) is 0 Å². The molecule has 1 atom stereocenters. The molecule has 0 aliphatic carbocycles. The number of benzene rings is 2. The Morgan fingerprint density at radius 3 is 2.16 bits per heavy atom. The Labute approximate surface area is 147 Å². The first-order valence-electron chi connectivity index (χ1n) is 7.74. The second-order valence-corrected chi connectivity index (χ2v) is 7.79. The Morgan fingerprint density at radius 2 is 1.64 bits per heavy atom. The van der Waals surface area contributed by atoms with E-state index in [1.807, 2.05) is 32.0 Å². The van der Waals surface area contributed by atoms with Crippen LogP contribution in [-0.2, 0) is 14.8 Å². The number of sulfonamides is 1. The lowest BCUT2D eigenvalue weighted by Gasteiger charge is -2.19. The van der Waals surface area contributed by atoms with Gasteiger partial charge in [-0.05, 0) is 42.7 Å². The Morgan fingerprint density at radius 1 is 1.08 bits per heavy atom. The monoisotopic (exact) mass is 364 g/mol. The number of hydrogen-bond acceptors (Lipinski definition) is 3. The average molecular weight is 364 g/mol. The van der Waals surface area contributed by atoms with Crippen LogP contribution in [0.3, 0.4) is 0 Å². The number of carbonyl (C=O) groups excluding carboxylic acids is 1. The van der Waals surface area contributed by atoms with Crippen LogP contribution in [-0.4, -0.2) is 20.6 Å². The molecule has 0 unspecified atom stereocenters. The van der Waals surface area contributed by atoms with Gasteiger partial charge in [0.25, 0.3) is 0 Å². The van der Waals surface area contributed by atoms with Crippen molar-refractivity contribution in [2.24, 2.45) is 0 Å². The summed E-state index contributed by atoms with van der Waals surface area (Å²) < 4.78 is 38.8. The molecule has 0 radical (unpaired) electrons. The van der Waals surface area contributed by atoms with Gasteiger partial charge in [0.2, 0.25) is 15.9 Å². The van der Waals surface area contributed by atoms with Crippen molar-refractivity contribution >= 4 is 21.6 Å². The SMILES string of the molecule is Cc1cccc(C)c1NC(=O)C[C@H](NS(C)(=O)=O)c1ccc(F)cc1. The normalized spacial score (nSPS) is 12.6. The third kappa shape index (κ3) is 5.65. The van der Waals surface area contributed by atoms with Gasteiger partial charge in [-0.2, -0.15) is 0 Å². The molecule has 2 aromatic rings. The van der Waals surface area contributed by atoms with Crippen molar-refractivity contribution in [2.75, 3.05) is 11.6 Å². The summed E-state index contributed by atoms with van der Waals surface area (Å²) in [5, 5.41) is 2.83. The summed E-state index contributed by atoms with van der Waals surface area (Å²) in [5.41, 5.74) is 3.07. The third-order valence-corrected chi connectivity index (χ3v) is 4.48. The molecule has 0 aromatic heterocycles. The molecule has 1 amide bonds. The molecule has 0 heterocycles. The van der Waals surface area contributed by atoms with Crippen LogP contribution in [0.15, 0.2) is 42.5 Å². The van der Waals surface area contributed by atoms with Gasteiger partial charge >= 0.3 is 0 Å². The lowest BCUT2D eigenvalue weighted by atomic mass is 10.0. The standard InChI is InChI=1S/C18H21FN2O3S/c1-12-5-4-6-13(2)18(12)20-17(22)11-16(21-25(3,23)24)14-7-9-15(19)10-8-14/h4-10,16,21H,11H2,1-3H3,(H,20,22)/t16-/m0/s1. The zero-order valence-electron chi connectivity index (χ0n) is 14.3. The van der Waals surface area contributed by atoms with Crippen molar-refractivity contribution in [1.82, 2.24) is 4.72 Å². The molecule has 7 heteroatoms. The van der Waals surface area contributed by atoms with E-state index in [0.29, 0.717) is 11.3 Å². The molecule has 0 saturated carbocycles. The molecule has 0 saturated heterocycles. The van der Waals surface area contributed by atoms with Gasteiger partial charge in [-0.25, -0.2) is 17.5 Å². The topological polar surface area (TPSA) is 75.3 Å². The Kier molecular flexibility index (Phi) is 5.92. The van der Waals surface area contributed by atoms with Crippen molar-refractivity contribution in [3.63, 3.8) is 0 Å². The molecule has 2 rings (SSSR count). The summed E-state index contributed by atoms with van der Waals surface area (Å²) in [6.45, 7) is 3.77. The number of hydrogen-bond donors (Lipinski definition) is 2. The predicted octanol–water partition coefficient (Wildman–Crippen LogP) is 3.06. The number of amides is 1. The van der Waals surface area contributed by atoms with Gasteiger partial charge in [0.05, 0.1) is 12.3 Å². The molecule has 2 aromatic carbocycles. The highest BCUT2D eigenvalue weighted by Gasteiger charge is 2.20. The van der Waals surface area contributed by atoms with Crippen LogP contribution in [0.5, 0.6) is 0 Å². The van der Waals surface area contributed by atoms with Gasteiger partial charge in [-0.15, -0.1) is 0 Å². The molecular formula is C18H21FN2O3S. The van der Waals surface area contributed by atoms with Gasteiger partial charge in [-0.1, -0.05) is 30.3 Å². The summed E-state index contributed by atoms with van der Waals surface area (Å²) in [6, 6.07) is 10.3. The number of nitrogens with one attached hydrogen (secondary N) is 2. The quantitative estimate of drug-likeness (QED) is 0.827. The van der Waals surface area contributed by atoms with Crippen LogP contribution in [0.25, 0.3) is 0 Å². The van der Waals surface area contributed by atoms with Crippen molar-refractivity contribution in [3.05, 3.63) is 65.0 Å². The Bertz CT molecular complexity index is 844. The lowest BCUT2D eigenvalue weighted by molar-refractivity contribution is -0.116. The van der Waals surface area contributed by atoms with E-state index in [-0.39, 0.29) is 12.3 Å². The maximum atomic E-state index is 13.1. The van der Waals surface area contributed by atoms with Crippen molar-refractivity contribution in [1.29, 1.82) is 0 Å². The van der Waals surface area contributed by atoms with E-state index in [2.05, 4.69) is 10.0 Å². The molecule has 0 bridgehead atoms. The van der Waals surface area contributed by atoms with Gasteiger partial charge in [0.15, 0.2) is 0 Å². The van der Waals surface area contributed by atoms with E-state index < -0.39 is 21.9 Å². The molecular weight excluding hydrogens is 343 g/mol. The zero-order valence-corrected chi connectivity index (χ0v) is 15.2. The van der Waals surface area contributed by atoms with E-state index in [1.165, 1.54) is 24.3 Å². The molecule has 2 N–H and O–H groups in total. The lowest BCUT2D eigenvalue weighted by Crippen LogP contribution is -2.31. The van der Waals surface area contributed by atoms with Crippen LogP contribution in [0.4, 0.5) is 10.1 Å². The summed E-state index contributed by atoms with van der Waals surface area (Å²) in [5.74, 6) is -0.760. The Balaban J connectivity index is 2.21. The van der Waals surface area contributed by atoms with Crippen LogP contribution >= 0.6 is 0 Å². The Hall–Kier alpha value is -2.25. The van der Waals surface area contributed by atoms with Crippen molar-refractivity contribution < 1.29 is 17.6 Å². The summed E-state index contributed by atoms with van der Waals surface area (Å²) in [4.78, 5) is 12.4. The number of carbonyl (C=O) groups is 1. The zero-order chi connectivity index (χ0) is 18.6. The largest absolute Gasteiger partial charge is 0.326 e. The van der Waals surface area contributed by atoms with E-state index >= 15 is 0 Å². The predicted molar refractivity (Wildman–Crippen MR) is 96.3 cm³/mol. The van der Waals surface area contributed by atoms with E-state index in [0.717, 1.165) is 17.4 Å². The highest BCUT2D eigenvalue weighted by molar-refractivity contribution is 7.88. The molecule has 0 aliphatic heterocycles. The minimum atomic E-state index is -3.54. The van der Waals surface area contributed by atoms with Crippen LogP contribution in [0.2, 0.25) is 0 Å². The number of para-hydroxylation sites is 1. The van der Waals surface area contributed by atoms with Gasteiger partial charge < -0.3 is 5.32 Å². The van der Waals surface area contributed by atoms with Crippen LogP contribution in [0.1, 0.15) is 29.2 Å². The summed E-state index contributed by atoms with van der Waals surface area (Å²) in [6.07, 6.45) is 0.916. The first kappa shape index (κ1) is 19.1. The maximum absolute atomic E-state index is 13.1. The van der Waals surface area contributed by atoms with E-state index in [9.17, 15) is 17.6 Å². The number of aryl methyl sites for hydroxylation is 2. The highest BCUT2D eigenvalue weighted by Crippen LogP contribution is 2.22. The van der Waals surface area contributed by atoms with Gasteiger partial charge in [0.1, 0.15) is 5.82 Å². The van der Waals surface area contributed by atoms with Crippen molar-refractivity contribution in [2.45, 2.75) is 26.3 Å². The molecule has 0 aliphatic rings. The van der Waals surface area contributed by atoms with Crippen LogP contribution < -0.4 is 10.0 Å². The molecule has 0 fully saturated rings. The maximum Gasteiger partial charge on any atom is 0.226 e. The van der Waals surface area contributed by atoms with Gasteiger partial charge in [-0.3, -0.25) is 4.79 Å².